The van der Waals surface area contributed by atoms with E-state index >= 15 is 0 Å². The summed E-state index contributed by atoms with van der Waals surface area (Å²) in [6.07, 6.45) is 12.1. The molecule has 3 atom stereocenters. The molecule has 0 aromatic heterocycles. The smallest absolute Gasteiger partial charge is 0.0159 e. The number of hydrogen-bond donors (Lipinski definition) is 0. The molecule has 2 saturated carbocycles. The zero-order valence-corrected chi connectivity index (χ0v) is 14.2. The maximum absolute atomic E-state index is 2.59. The van der Waals surface area contributed by atoms with E-state index in [2.05, 4.69) is 40.7 Å². The van der Waals surface area contributed by atoms with Gasteiger partial charge in [0, 0.05) is 0 Å². The van der Waals surface area contributed by atoms with E-state index in [1.165, 1.54) is 44.9 Å². The summed E-state index contributed by atoms with van der Waals surface area (Å²) < 4.78 is 0. The van der Waals surface area contributed by atoms with Gasteiger partial charge >= 0.3 is 0 Å². The van der Waals surface area contributed by atoms with Crippen LogP contribution < -0.4 is 0 Å². The fourth-order valence-electron chi connectivity index (χ4n) is 5.85. The Morgan fingerprint density at radius 1 is 1.05 bits per heavy atom. The predicted octanol–water partition coefficient (Wildman–Crippen LogP) is 6.29. The van der Waals surface area contributed by atoms with Crippen molar-refractivity contribution in [3.05, 3.63) is 22.8 Å². The average Bonchev–Trinajstić information content (AvgIpc) is 2.80. The van der Waals surface area contributed by atoms with Crippen LogP contribution in [0, 0.1) is 22.7 Å². The van der Waals surface area contributed by atoms with Crippen LogP contribution in [0.1, 0.15) is 79.6 Å². The second kappa shape index (κ2) is 4.75. The van der Waals surface area contributed by atoms with Crippen molar-refractivity contribution in [2.75, 3.05) is 0 Å². The third-order valence-corrected chi connectivity index (χ3v) is 6.79. The molecule has 0 heteroatoms. The van der Waals surface area contributed by atoms with E-state index in [0.29, 0.717) is 10.8 Å². The van der Waals surface area contributed by atoms with E-state index in [1.54, 1.807) is 11.1 Å². The Kier molecular flexibility index (Phi) is 3.42. The molecular formula is C20H32. The highest BCUT2D eigenvalue weighted by Gasteiger charge is 2.57. The van der Waals surface area contributed by atoms with E-state index in [4.69, 9.17) is 0 Å². The lowest BCUT2D eigenvalue weighted by Crippen LogP contribution is -2.30. The lowest BCUT2D eigenvalue weighted by atomic mass is 9.68. The molecule has 3 rings (SSSR count). The first-order valence-corrected chi connectivity index (χ1v) is 8.68. The molecule has 0 heterocycles. The van der Waals surface area contributed by atoms with Gasteiger partial charge < -0.3 is 0 Å². The van der Waals surface area contributed by atoms with Gasteiger partial charge in [-0.3, -0.25) is 0 Å². The third kappa shape index (κ3) is 2.20. The van der Waals surface area contributed by atoms with Gasteiger partial charge in [0.25, 0.3) is 0 Å². The minimum Gasteiger partial charge on any atom is -0.0853 e. The normalized spacial score (nSPS) is 46.8. The van der Waals surface area contributed by atoms with Gasteiger partial charge in [0.2, 0.25) is 0 Å². The molecule has 0 spiro atoms. The van der Waals surface area contributed by atoms with Crippen LogP contribution in [0.2, 0.25) is 0 Å². The van der Waals surface area contributed by atoms with Crippen LogP contribution >= 0.6 is 0 Å². The second-order valence-electron chi connectivity index (χ2n) is 8.84. The van der Waals surface area contributed by atoms with Crippen LogP contribution in [-0.2, 0) is 0 Å². The number of fused-ring (bicyclic) bond motifs is 3. The minimum absolute atomic E-state index is 0.549. The summed E-state index contributed by atoms with van der Waals surface area (Å²) in [5, 5.41) is 0. The summed E-state index contributed by atoms with van der Waals surface area (Å²) in [5.41, 5.74) is 6.37. The molecular weight excluding hydrogens is 240 g/mol. The summed E-state index contributed by atoms with van der Waals surface area (Å²) in [4.78, 5) is 0. The fourth-order valence-corrected chi connectivity index (χ4v) is 5.85. The van der Waals surface area contributed by atoms with Gasteiger partial charge in [-0.05, 0) is 81.5 Å². The number of allylic oxidation sites excluding steroid dienone is 4. The van der Waals surface area contributed by atoms with Crippen molar-refractivity contribution in [1.82, 2.24) is 0 Å². The van der Waals surface area contributed by atoms with E-state index in [9.17, 15) is 0 Å². The number of hydrogen-bond acceptors (Lipinski definition) is 0. The Labute approximate surface area is 125 Å². The van der Waals surface area contributed by atoms with Gasteiger partial charge in [-0.2, -0.15) is 0 Å². The van der Waals surface area contributed by atoms with Crippen molar-refractivity contribution in [3.8, 4) is 0 Å². The van der Waals surface area contributed by atoms with Crippen molar-refractivity contribution in [3.63, 3.8) is 0 Å². The Morgan fingerprint density at radius 3 is 2.55 bits per heavy atom. The minimum atomic E-state index is 0.549. The Morgan fingerprint density at radius 2 is 1.80 bits per heavy atom. The van der Waals surface area contributed by atoms with Crippen molar-refractivity contribution in [1.29, 1.82) is 0 Å². The highest BCUT2D eigenvalue weighted by atomic mass is 14.6. The fraction of sp³-hybridized carbons (Fsp3) is 0.800. The molecule has 0 saturated heterocycles. The van der Waals surface area contributed by atoms with E-state index < -0.39 is 0 Å². The predicted molar refractivity (Wildman–Crippen MR) is 87.6 cm³/mol. The summed E-state index contributed by atoms with van der Waals surface area (Å²) in [6, 6.07) is 0. The van der Waals surface area contributed by atoms with E-state index in [1.807, 2.05) is 5.57 Å². The largest absolute Gasteiger partial charge is 0.0853 e. The molecule has 3 aliphatic carbocycles. The van der Waals surface area contributed by atoms with Crippen LogP contribution in [-0.4, -0.2) is 0 Å². The van der Waals surface area contributed by atoms with E-state index in [-0.39, 0.29) is 0 Å². The molecule has 0 unspecified atom stereocenters. The molecule has 0 N–H and O–H groups in total. The molecule has 0 amide bonds. The molecule has 20 heavy (non-hydrogen) atoms. The van der Waals surface area contributed by atoms with Crippen LogP contribution in [0.25, 0.3) is 0 Å². The van der Waals surface area contributed by atoms with Crippen LogP contribution in [0.5, 0.6) is 0 Å². The van der Waals surface area contributed by atoms with Crippen molar-refractivity contribution in [2.45, 2.75) is 79.6 Å². The topological polar surface area (TPSA) is 0 Å². The first kappa shape index (κ1) is 14.4. The van der Waals surface area contributed by atoms with Crippen molar-refractivity contribution >= 4 is 0 Å². The Balaban J connectivity index is 2.00. The highest BCUT2D eigenvalue weighted by molar-refractivity contribution is 5.29. The molecule has 112 valence electrons. The lowest BCUT2D eigenvalue weighted by molar-refractivity contribution is 0.131. The van der Waals surface area contributed by atoms with Gasteiger partial charge in [0.05, 0.1) is 0 Å². The quantitative estimate of drug-likeness (QED) is 0.455. The zero-order chi connectivity index (χ0) is 14.5. The molecule has 0 aliphatic heterocycles. The molecule has 2 fully saturated rings. The standard InChI is InChI=1S/C20H32/c1-14-7-6-8-15(2)17-13-20(5)12-11-19(3,4)18(20)16(17)10-9-14/h7,16,18H,6,8-13H2,1-5H3/b14-7-,17-15-/t16-,18-,20-/m1/s1. The molecule has 0 radical (unpaired) electrons. The highest BCUT2D eigenvalue weighted by Crippen LogP contribution is 2.67. The van der Waals surface area contributed by atoms with Crippen LogP contribution in [0.4, 0.5) is 0 Å². The monoisotopic (exact) mass is 272 g/mol. The van der Waals surface area contributed by atoms with Crippen molar-refractivity contribution < 1.29 is 0 Å². The van der Waals surface area contributed by atoms with Crippen LogP contribution in [0.3, 0.4) is 0 Å². The summed E-state index contributed by atoms with van der Waals surface area (Å²) in [7, 11) is 0. The Bertz CT molecular complexity index is 462. The first-order chi connectivity index (χ1) is 9.33. The molecule has 0 aromatic rings. The maximum Gasteiger partial charge on any atom is -0.0159 e. The molecule has 0 bridgehead atoms. The average molecular weight is 272 g/mol. The van der Waals surface area contributed by atoms with Crippen molar-refractivity contribution in [2.24, 2.45) is 22.7 Å². The van der Waals surface area contributed by atoms with Gasteiger partial charge in [0.15, 0.2) is 0 Å². The lowest BCUT2D eigenvalue weighted by Gasteiger charge is -2.36. The third-order valence-electron chi connectivity index (χ3n) is 6.79. The number of rotatable bonds is 0. The summed E-state index contributed by atoms with van der Waals surface area (Å²) in [6.45, 7) is 12.4. The zero-order valence-electron chi connectivity index (χ0n) is 14.2. The van der Waals surface area contributed by atoms with Crippen LogP contribution in [0.15, 0.2) is 22.8 Å². The van der Waals surface area contributed by atoms with Gasteiger partial charge in [-0.25, -0.2) is 0 Å². The maximum atomic E-state index is 2.59. The Hall–Kier alpha value is -0.520. The summed E-state index contributed by atoms with van der Waals surface area (Å²) >= 11 is 0. The molecule has 0 aromatic carbocycles. The summed E-state index contributed by atoms with van der Waals surface area (Å²) in [5.74, 6) is 1.80. The van der Waals surface area contributed by atoms with E-state index in [0.717, 1.165) is 11.8 Å². The second-order valence-corrected chi connectivity index (χ2v) is 8.84. The molecule has 3 aliphatic rings. The van der Waals surface area contributed by atoms with Gasteiger partial charge in [0.1, 0.15) is 0 Å². The first-order valence-electron chi connectivity index (χ1n) is 8.68. The molecule has 0 nitrogen and oxygen atoms in total. The SMILES string of the molecule is C/C1=C/CC/C(C)=C2/C[C@@]3(C)CCC(C)(C)[C@H]3[C@@H]2CC1. The van der Waals surface area contributed by atoms with Gasteiger partial charge in [-0.15, -0.1) is 0 Å². The van der Waals surface area contributed by atoms with Gasteiger partial charge in [-0.1, -0.05) is 43.6 Å².